The molecule has 0 N–H and O–H groups in total. The molecule has 0 bridgehead atoms. The second-order valence-electron chi connectivity index (χ2n) is 13.8. The summed E-state index contributed by atoms with van der Waals surface area (Å²) in [4.78, 5) is 9.25. The molecule has 2 nitrogen and oxygen atoms in total. The smallest absolute Gasteiger partial charge is 0.0799 e. The van der Waals surface area contributed by atoms with Crippen molar-refractivity contribution >= 4 is 44.8 Å². The fourth-order valence-corrected chi connectivity index (χ4v) is 9.13. The monoisotopic (exact) mass is 839 g/mol. The molecular formula is C43H42IrN2SSi-2. The van der Waals surface area contributed by atoms with Gasteiger partial charge < -0.3 is 9.97 Å². The Morgan fingerprint density at radius 1 is 0.688 bits per heavy atom. The number of hydrogen-bond donors (Lipinski definition) is 0. The van der Waals surface area contributed by atoms with Gasteiger partial charge in [0.05, 0.1) is 8.07 Å². The van der Waals surface area contributed by atoms with Crippen LogP contribution in [0.3, 0.4) is 0 Å². The maximum Gasteiger partial charge on any atom is 0.0799 e. The van der Waals surface area contributed by atoms with E-state index in [0.717, 1.165) is 22.5 Å². The second-order valence-corrected chi connectivity index (χ2v) is 19.9. The summed E-state index contributed by atoms with van der Waals surface area (Å²) in [6, 6.07) is 38.9. The van der Waals surface area contributed by atoms with E-state index in [1.54, 1.807) is 0 Å². The summed E-state index contributed by atoms with van der Waals surface area (Å²) in [7, 11) is -1.34. The fourth-order valence-electron chi connectivity index (χ4n) is 6.20. The van der Waals surface area contributed by atoms with E-state index in [-0.39, 0.29) is 20.1 Å². The Hall–Kier alpha value is -3.73. The number of pyridine rings is 2. The van der Waals surface area contributed by atoms with Crippen molar-refractivity contribution in [3.8, 4) is 33.6 Å². The minimum absolute atomic E-state index is 0. The van der Waals surface area contributed by atoms with E-state index in [1.165, 1.54) is 58.7 Å². The molecule has 0 spiro atoms. The Morgan fingerprint density at radius 2 is 1.46 bits per heavy atom. The molecule has 7 rings (SSSR count). The van der Waals surface area contributed by atoms with Crippen molar-refractivity contribution in [3.05, 3.63) is 138 Å². The van der Waals surface area contributed by atoms with Gasteiger partial charge in [-0.2, -0.15) is 11.3 Å². The van der Waals surface area contributed by atoms with Gasteiger partial charge in [-0.3, -0.25) is 0 Å². The zero-order chi connectivity index (χ0) is 33.3. The van der Waals surface area contributed by atoms with Crippen LogP contribution in [-0.4, -0.2) is 18.0 Å². The molecule has 0 aliphatic rings. The standard InChI is InChI=1S/C26H20NS.C17H22NSi.Ir/c1-16-9-10-27-24(14-16)23-6-4-5-22-21-8-7-19(15-25(21)28-26(22)23)20-12-17(2)11-18(3)13-20;1-13(2)15-11-16(14-9-7-6-8-10-14)18-12-17(15)19(3,4)5;/h4-5,7-15H,1-3H3;6-9,11-13H,1-5H3;/q2*-1;. The van der Waals surface area contributed by atoms with E-state index >= 15 is 0 Å². The quantitative estimate of drug-likeness (QED) is 0.127. The molecule has 0 unspecified atom stereocenters. The van der Waals surface area contributed by atoms with Gasteiger partial charge in [-0.25, -0.2) is 0 Å². The van der Waals surface area contributed by atoms with Crippen LogP contribution >= 0.6 is 11.3 Å². The van der Waals surface area contributed by atoms with Crippen LogP contribution < -0.4 is 5.19 Å². The molecule has 0 aliphatic carbocycles. The Bertz CT molecular complexity index is 2180. The van der Waals surface area contributed by atoms with E-state index < -0.39 is 8.07 Å². The Kier molecular flexibility index (Phi) is 11.0. The first-order valence-electron chi connectivity index (χ1n) is 16.3. The van der Waals surface area contributed by atoms with E-state index in [9.17, 15) is 0 Å². The molecule has 48 heavy (non-hydrogen) atoms. The minimum atomic E-state index is -1.34. The molecule has 0 aliphatic heterocycles. The van der Waals surface area contributed by atoms with Crippen molar-refractivity contribution in [2.45, 2.75) is 60.2 Å². The molecule has 0 amide bonds. The van der Waals surface area contributed by atoms with Gasteiger partial charge in [-0.05, 0) is 76.6 Å². The molecule has 3 heterocycles. The molecule has 4 aromatic carbocycles. The van der Waals surface area contributed by atoms with Crippen LogP contribution in [0, 0.1) is 32.9 Å². The number of hydrogen-bond acceptors (Lipinski definition) is 3. The van der Waals surface area contributed by atoms with E-state index in [0.29, 0.717) is 5.92 Å². The molecule has 0 atom stereocenters. The van der Waals surface area contributed by atoms with Crippen LogP contribution in [-0.2, 0) is 20.1 Å². The largest absolute Gasteiger partial charge is 0.305 e. The Labute approximate surface area is 304 Å². The van der Waals surface area contributed by atoms with Crippen molar-refractivity contribution in [2.75, 3.05) is 0 Å². The normalized spacial score (nSPS) is 11.4. The van der Waals surface area contributed by atoms with Gasteiger partial charge in [-0.1, -0.05) is 104 Å². The topological polar surface area (TPSA) is 25.8 Å². The third kappa shape index (κ3) is 7.77. The third-order valence-electron chi connectivity index (χ3n) is 8.51. The second kappa shape index (κ2) is 14.8. The predicted octanol–water partition coefficient (Wildman–Crippen LogP) is 11.7. The number of aryl methyl sites for hydroxylation is 3. The fraction of sp³-hybridized carbons (Fsp3) is 0.209. The number of thiophene rings is 1. The van der Waals surface area contributed by atoms with Gasteiger partial charge in [0.15, 0.2) is 0 Å². The average molecular weight is 839 g/mol. The molecule has 245 valence electrons. The minimum Gasteiger partial charge on any atom is -0.305 e. The molecule has 0 saturated carbocycles. The molecule has 5 heteroatoms. The van der Waals surface area contributed by atoms with Crippen molar-refractivity contribution in [3.63, 3.8) is 0 Å². The summed E-state index contributed by atoms with van der Waals surface area (Å²) >= 11 is 1.83. The third-order valence-corrected chi connectivity index (χ3v) is 11.7. The van der Waals surface area contributed by atoms with Crippen LogP contribution in [0.4, 0.5) is 0 Å². The van der Waals surface area contributed by atoms with Crippen molar-refractivity contribution in [1.29, 1.82) is 0 Å². The number of rotatable bonds is 5. The summed E-state index contributed by atoms with van der Waals surface area (Å²) in [5.41, 5.74) is 12.0. The molecule has 7 aromatic rings. The van der Waals surface area contributed by atoms with Gasteiger partial charge in [0.25, 0.3) is 0 Å². The van der Waals surface area contributed by atoms with Crippen molar-refractivity contribution < 1.29 is 20.1 Å². The Morgan fingerprint density at radius 3 is 2.12 bits per heavy atom. The summed E-state index contributed by atoms with van der Waals surface area (Å²) in [6.07, 6.45) is 3.97. The maximum atomic E-state index is 4.66. The first-order chi connectivity index (χ1) is 22.5. The summed E-state index contributed by atoms with van der Waals surface area (Å²) in [5.74, 6) is 0.534. The molecule has 3 aromatic heterocycles. The zero-order valence-corrected chi connectivity index (χ0v) is 33.2. The molecular weight excluding hydrogens is 797 g/mol. The van der Waals surface area contributed by atoms with Gasteiger partial charge >= 0.3 is 0 Å². The van der Waals surface area contributed by atoms with Crippen LogP contribution in [0.5, 0.6) is 0 Å². The average Bonchev–Trinajstić information content (AvgIpc) is 3.42. The van der Waals surface area contributed by atoms with Crippen LogP contribution in [0.1, 0.15) is 42.0 Å². The maximum absolute atomic E-state index is 4.66. The molecule has 0 saturated heterocycles. The van der Waals surface area contributed by atoms with Crippen LogP contribution in [0.15, 0.2) is 103 Å². The van der Waals surface area contributed by atoms with Gasteiger partial charge in [0.1, 0.15) is 0 Å². The predicted molar refractivity (Wildman–Crippen MR) is 207 cm³/mol. The first-order valence-corrected chi connectivity index (χ1v) is 20.7. The number of benzene rings is 4. The summed E-state index contributed by atoms with van der Waals surface area (Å²) < 4.78 is 2.56. The zero-order valence-electron chi connectivity index (χ0n) is 29.0. The summed E-state index contributed by atoms with van der Waals surface area (Å²) in [6.45, 7) is 18.1. The van der Waals surface area contributed by atoms with Gasteiger partial charge in [0.2, 0.25) is 0 Å². The first kappa shape index (κ1) is 35.6. The van der Waals surface area contributed by atoms with Gasteiger partial charge in [0, 0.05) is 37.2 Å². The number of fused-ring (bicyclic) bond motifs is 3. The van der Waals surface area contributed by atoms with E-state index in [4.69, 9.17) is 0 Å². The molecule has 1 radical (unpaired) electrons. The van der Waals surface area contributed by atoms with Gasteiger partial charge in [-0.15, -0.1) is 59.7 Å². The SMILES string of the molecule is CC(C)c1cc(-c2[c-]cccc2)ncc1[Si](C)(C)C.Cc1cc(C)cc(-c2ccc3c(c2)sc2c(-c4cc(C)ccn4)[c-]ccc23)c1.[Ir]. The Balaban J connectivity index is 0.000000198. The number of aromatic nitrogens is 2. The van der Waals surface area contributed by atoms with Crippen molar-refractivity contribution in [1.82, 2.24) is 9.97 Å². The number of nitrogens with zero attached hydrogens (tertiary/aromatic N) is 2. The van der Waals surface area contributed by atoms with E-state index in [1.807, 2.05) is 47.9 Å². The van der Waals surface area contributed by atoms with E-state index in [2.05, 4.69) is 143 Å². The van der Waals surface area contributed by atoms with Crippen molar-refractivity contribution in [2.24, 2.45) is 0 Å². The molecule has 0 fully saturated rings. The van der Waals surface area contributed by atoms with Crippen LogP contribution in [0.2, 0.25) is 19.6 Å². The summed E-state index contributed by atoms with van der Waals surface area (Å²) in [5, 5.41) is 4.06. The van der Waals surface area contributed by atoms with Crippen LogP contribution in [0.25, 0.3) is 53.8 Å².